The number of carbonyl (C=O) groups excluding carboxylic acids is 2. The highest BCUT2D eigenvalue weighted by atomic mass is 19.1. The maximum Gasteiger partial charge on any atom is 0.309 e. The number of carbonyl (C=O) groups is 2. The molecule has 0 atom stereocenters. The van der Waals surface area contributed by atoms with Crippen LogP contribution in [0.4, 0.5) is 4.39 Å². The van der Waals surface area contributed by atoms with Crippen molar-refractivity contribution in [3.63, 3.8) is 0 Å². The number of rotatable bonds is 6. The summed E-state index contributed by atoms with van der Waals surface area (Å²) in [5.41, 5.74) is 0.890. The van der Waals surface area contributed by atoms with Crippen LogP contribution in [0.1, 0.15) is 5.56 Å². The first-order valence-electron chi connectivity index (χ1n) is 5.93. The van der Waals surface area contributed by atoms with Gasteiger partial charge in [-0.2, -0.15) is 0 Å². The molecule has 0 saturated carbocycles. The molecule has 0 aliphatic heterocycles. The van der Waals surface area contributed by atoms with E-state index in [1.54, 1.807) is 12.1 Å². The van der Waals surface area contributed by atoms with Crippen molar-refractivity contribution >= 4 is 11.8 Å². The fourth-order valence-electron chi connectivity index (χ4n) is 1.40. The maximum absolute atomic E-state index is 12.7. The summed E-state index contributed by atoms with van der Waals surface area (Å²) in [6.07, 6.45) is 0.539. The Hall–Kier alpha value is -1.95. The summed E-state index contributed by atoms with van der Waals surface area (Å²) in [5.74, 6) is -1.67. The molecule has 0 radical (unpaired) electrons. The third-order valence-corrected chi connectivity index (χ3v) is 2.41. The number of halogens is 1. The minimum absolute atomic E-state index is 0.292. The average molecular weight is 268 g/mol. The highest BCUT2D eigenvalue weighted by Crippen LogP contribution is 2.02. The Bertz CT molecular complexity index is 420. The molecule has 0 fully saturated rings. The SMILES string of the molecule is COCCNC(=O)C(=O)NCCc1ccc(F)cc1. The molecule has 19 heavy (non-hydrogen) atoms. The van der Waals surface area contributed by atoms with E-state index in [4.69, 9.17) is 4.74 Å². The molecule has 1 aromatic rings. The molecule has 0 bridgehead atoms. The molecule has 0 aliphatic rings. The van der Waals surface area contributed by atoms with Crippen LogP contribution in [-0.4, -0.2) is 38.6 Å². The van der Waals surface area contributed by atoms with Gasteiger partial charge in [-0.25, -0.2) is 4.39 Å². The Morgan fingerprint density at radius 2 is 1.68 bits per heavy atom. The van der Waals surface area contributed by atoms with Crippen molar-refractivity contribution in [3.05, 3.63) is 35.6 Å². The summed E-state index contributed by atoms with van der Waals surface area (Å²) in [6.45, 7) is 0.970. The molecule has 2 amide bonds. The molecule has 104 valence electrons. The Morgan fingerprint density at radius 3 is 2.26 bits per heavy atom. The molecule has 0 spiro atoms. The second kappa shape index (κ2) is 8.20. The molecular formula is C13H17FN2O3. The van der Waals surface area contributed by atoms with Gasteiger partial charge in [0.05, 0.1) is 6.61 Å². The molecule has 5 nitrogen and oxygen atoms in total. The third-order valence-electron chi connectivity index (χ3n) is 2.41. The third kappa shape index (κ3) is 5.96. The molecule has 0 saturated heterocycles. The zero-order valence-electron chi connectivity index (χ0n) is 10.7. The normalized spacial score (nSPS) is 10.0. The van der Waals surface area contributed by atoms with E-state index in [0.717, 1.165) is 5.56 Å². The van der Waals surface area contributed by atoms with E-state index in [-0.39, 0.29) is 5.82 Å². The van der Waals surface area contributed by atoms with Crippen molar-refractivity contribution in [2.24, 2.45) is 0 Å². The minimum atomic E-state index is -0.684. The monoisotopic (exact) mass is 268 g/mol. The number of nitrogens with one attached hydrogen (secondary N) is 2. The van der Waals surface area contributed by atoms with Crippen LogP contribution >= 0.6 is 0 Å². The van der Waals surface area contributed by atoms with E-state index in [0.29, 0.717) is 26.1 Å². The Balaban J connectivity index is 2.23. The van der Waals surface area contributed by atoms with Gasteiger partial charge in [0, 0.05) is 20.2 Å². The van der Waals surface area contributed by atoms with Crippen LogP contribution < -0.4 is 10.6 Å². The minimum Gasteiger partial charge on any atom is -0.383 e. The first-order chi connectivity index (χ1) is 9.13. The first-order valence-corrected chi connectivity index (χ1v) is 5.93. The van der Waals surface area contributed by atoms with Crippen LogP contribution in [0.3, 0.4) is 0 Å². The van der Waals surface area contributed by atoms with E-state index >= 15 is 0 Å². The van der Waals surface area contributed by atoms with Gasteiger partial charge in [-0.15, -0.1) is 0 Å². The smallest absolute Gasteiger partial charge is 0.309 e. The average Bonchev–Trinajstić information content (AvgIpc) is 2.41. The lowest BCUT2D eigenvalue weighted by atomic mass is 10.1. The second-order valence-electron chi connectivity index (χ2n) is 3.88. The highest BCUT2D eigenvalue weighted by molar-refractivity contribution is 6.35. The summed E-state index contributed by atoms with van der Waals surface area (Å²) in [6, 6.07) is 5.99. The largest absolute Gasteiger partial charge is 0.383 e. The topological polar surface area (TPSA) is 67.4 Å². The van der Waals surface area contributed by atoms with Crippen LogP contribution in [0, 0.1) is 5.82 Å². The summed E-state index contributed by atoms with van der Waals surface area (Å²) < 4.78 is 17.4. The van der Waals surface area contributed by atoms with Crippen LogP contribution in [0.15, 0.2) is 24.3 Å². The molecule has 0 unspecified atom stereocenters. The number of amides is 2. The summed E-state index contributed by atoms with van der Waals surface area (Å²) in [5, 5.41) is 4.90. The number of hydrogen-bond acceptors (Lipinski definition) is 3. The van der Waals surface area contributed by atoms with Gasteiger partial charge in [0.15, 0.2) is 0 Å². The quantitative estimate of drug-likeness (QED) is 0.574. The lowest BCUT2D eigenvalue weighted by Gasteiger charge is -2.06. The molecule has 1 aromatic carbocycles. The number of methoxy groups -OCH3 is 1. The van der Waals surface area contributed by atoms with Crippen molar-refractivity contribution in [1.82, 2.24) is 10.6 Å². The van der Waals surface area contributed by atoms with Crippen LogP contribution in [0.25, 0.3) is 0 Å². The molecular weight excluding hydrogens is 251 g/mol. The van der Waals surface area contributed by atoms with Crippen molar-refractivity contribution in [3.8, 4) is 0 Å². The summed E-state index contributed by atoms with van der Waals surface area (Å²) in [7, 11) is 1.51. The van der Waals surface area contributed by atoms with Gasteiger partial charge in [-0.1, -0.05) is 12.1 Å². The van der Waals surface area contributed by atoms with Crippen molar-refractivity contribution in [1.29, 1.82) is 0 Å². The standard InChI is InChI=1S/C13H17FN2O3/c1-19-9-8-16-13(18)12(17)15-7-6-10-2-4-11(14)5-3-10/h2-5H,6-9H2,1H3,(H,15,17)(H,16,18). The van der Waals surface area contributed by atoms with E-state index < -0.39 is 11.8 Å². The predicted molar refractivity (Wildman–Crippen MR) is 68.0 cm³/mol. The maximum atomic E-state index is 12.7. The molecule has 0 heterocycles. The Kier molecular flexibility index (Phi) is 6.52. The van der Waals surface area contributed by atoms with Crippen LogP contribution in [0.5, 0.6) is 0 Å². The van der Waals surface area contributed by atoms with Gasteiger partial charge < -0.3 is 15.4 Å². The fraction of sp³-hybridized carbons (Fsp3) is 0.385. The highest BCUT2D eigenvalue weighted by Gasteiger charge is 2.11. The lowest BCUT2D eigenvalue weighted by Crippen LogP contribution is -2.41. The van der Waals surface area contributed by atoms with Crippen molar-refractivity contribution in [2.45, 2.75) is 6.42 Å². The molecule has 0 aromatic heterocycles. The number of benzene rings is 1. The van der Waals surface area contributed by atoms with E-state index in [9.17, 15) is 14.0 Å². The number of hydrogen-bond donors (Lipinski definition) is 2. The van der Waals surface area contributed by atoms with Crippen molar-refractivity contribution in [2.75, 3.05) is 26.8 Å². The zero-order valence-corrected chi connectivity index (χ0v) is 10.7. The van der Waals surface area contributed by atoms with Gasteiger partial charge in [0.2, 0.25) is 0 Å². The number of ether oxygens (including phenoxy) is 1. The van der Waals surface area contributed by atoms with Gasteiger partial charge in [-0.3, -0.25) is 9.59 Å². The van der Waals surface area contributed by atoms with E-state index in [1.165, 1.54) is 19.2 Å². The molecule has 1 rings (SSSR count). The van der Waals surface area contributed by atoms with Crippen LogP contribution in [0.2, 0.25) is 0 Å². The van der Waals surface area contributed by atoms with Crippen LogP contribution in [-0.2, 0) is 20.7 Å². The Labute approximate surface area is 111 Å². The first kappa shape index (κ1) is 15.1. The zero-order chi connectivity index (χ0) is 14.1. The Morgan fingerprint density at radius 1 is 1.11 bits per heavy atom. The molecule has 2 N–H and O–H groups in total. The lowest BCUT2D eigenvalue weighted by molar-refractivity contribution is -0.139. The van der Waals surface area contributed by atoms with Gasteiger partial charge in [-0.05, 0) is 24.1 Å². The molecule has 6 heteroatoms. The summed E-state index contributed by atoms with van der Waals surface area (Å²) in [4.78, 5) is 22.6. The molecule has 0 aliphatic carbocycles. The van der Waals surface area contributed by atoms with Gasteiger partial charge in [0.25, 0.3) is 0 Å². The second-order valence-corrected chi connectivity index (χ2v) is 3.88. The fourth-order valence-corrected chi connectivity index (χ4v) is 1.40. The van der Waals surface area contributed by atoms with E-state index in [2.05, 4.69) is 10.6 Å². The summed E-state index contributed by atoms with van der Waals surface area (Å²) >= 11 is 0. The van der Waals surface area contributed by atoms with Crippen molar-refractivity contribution < 1.29 is 18.7 Å². The van der Waals surface area contributed by atoms with Gasteiger partial charge in [0.1, 0.15) is 5.82 Å². The predicted octanol–water partition coefficient (Wildman–Crippen LogP) is 0.247. The van der Waals surface area contributed by atoms with E-state index in [1.807, 2.05) is 0 Å². The van der Waals surface area contributed by atoms with Gasteiger partial charge >= 0.3 is 11.8 Å².